The molecule has 0 unspecified atom stereocenters. The monoisotopic (exact) mass is 565 g/mol. The number of benzene rings is 2. The Morgan fingerprint density at radius 1 is 1.05 bits per heavy atom. The predicted molar refractivity (Wildman–Crippen MR) is 131 cm³/mol. The molecular weight excluding hydrogens is 541 g/mol. The fraction of sp³-hybridized carbons (Fsp3) is 0.370. The Hall–Kier alpha value is -3.25. The van der Waals surface area contributed by atoms with Crippen LogP contribution in [-0.4, -0.2) is 41.1 Å². The molecule has 3 aromatic rings. The zero-order valence-electron chi connectivity index (χ0n) is 20.9. The lowest BCUT2D eigenvalue weighted by molar-refractivity contribution is -0.145. The summed E-state index contributed by atoms with van der Waals surface area (Å²) in [5.74, 6) is -3.04. The maximum atomic E-state index is 14.5. The molecule has 0 bridgehead atoms. The second-order valence-electron chi connectivity index (χ2n) is 10.5. The molecule has 0 radical (unpaired) electrons. The molecule has 1 aliphatic carbocycles. The van der Waals surface area contributed by atoms with Gasteiger partial charge in [0.25, 0.3) is 0 Å². The maximum Gasteiger partial charge on any atom is 0.451 e. The van der Waals surface area contributed by atoms with Gasteiger partial charge in [-0.25, -0.2) is 27.2 Å². The first-order valence-corrected chi connectivity index (χ1v) is 13.6. The van der Waals surface area contributed by atoms with Gasteiger partial charge in [-0.15, -0.1) is 0 Å². The van der Waals surface area contributed by atoms with E-state index in [9.17, 15) is 35.2 Å². The van der Waals surface area contributed by atoms with Gasteiger partial charge < -0.3 is 0 Å². The SMILES string of the molecule is CC1(C)[C@@H]2[C@@H](C(=O)CCc3ccc(F)c(-c4cnc(C(F)(F)F)nc4)c3)N(S(=O)(=O)c3ccc(F)cc3)C[C@@H]21. The Balaban J connectivity index is 1.35. The van der Waals surface area contributed by atoms with E-state index in [0.29, 0.717) is 5.56 Å². The normalized spacial score (nSPS) is 22.5. The summed E-state index contributed by atoms with van der Waals surface area (Å²) < 4.78 is 94.1. The number of hydrogen-bond donors (Lipinski definition) is 0. The number of Topliss-reactive ketones (excluding diaryl/α,β-unsaturated/α-hetero) is 1. The number of sulfonamides is 1. The van der Waals surface area contributed by atoms with Gasteiger partial charge in [0.1, 0.15) is 11.6 Å². The number of piperidine rings is 1. The third-order valence-electron chi connectivity index (χ3n) is 7.82. The average Bonchev–Trinajstić information content (AvgIpc) is 3.20. The van der Waals surface area contributed by atoms with Crippen LogP contribution in [0.5, 0.6) is 0 Å². The molecule has 0 amide bonds. The second kappa shape index (κ2) is 9.44. The first-order valence-electron chi connectivity index (χ1n) is 12.2. The van der Waals surface area contributed by atoms with Crippen LogP contribution in [0.25, 0.3) is 11.1 Å². The van der Waals surface area contributed by atoms with E-state index in [4.69, 9.17) is 0 Å². The molecule has 206 valence electrons. The van der Waals surface area contributed by atoms with Crippen LogP contribution in [-0.2, 0) is 27.4 Å². The van der Waals surface area contributed by atoms with Gasteiger partial charge in [0.15, 0.2) is 5.78 Å². The third kappa shape index (κ3) is 4.95. The molecule has 5 rings (SSSR count). The van der Waals surface area contributed by atoms with E-state index < -0.39 is 39.7 Å². The number of carbonyl (C=O) groups is 1. The average molecular weight is 566 g/mol. The zero-order chi connectivity index (χ0) is 28.3. The number of rotatable bonds is 7. The van der Waals surface area contributed by atoms with Gasteiger partial charge in [-0.3, -0.25) is 4.79 Å². The van der Waals surface area contributed by atoms with E-state index in [2.05, 4.69) is 9.97 Å². The van der Waals surface area contributed by atoms with Crippen LogP contribution in [0.2, 0.25) is 0 Å². The molecular formula is C27H24F5N3O3S. The topological polar surface area (TPSA) is 80.2 Å². The van der Waals surface area contributed by atoms with Crippen molar-refractivity contribution in [3.8, 4) is 11.1 Å². The minimum atomic E-state index is -4.73. The molecule has 0 spiro atoms. The fourth-order valence-electron chi connectivity index (χ4n) is 5.58. The van der Waals surface area contributed by atoms with Crippen molar-refractivity contribution < 1.29 is 35.2 Å². The summed E-state index contributed by atoms with van der Waals surface area (Å²) in [5, 5.41) is 0. The maximum absolute atomic E-state index is 14.5. The molecule has 1 aromatic heterocycles. The fourth-order valence-corrected chi connectivity index (χ4v) is 7.23. The van der Waals surface area contributed by atoms with Crippen molar-refractivity contribution >= 4 is 15.8 Å². The largest absolute Gasteiger partial charge is 0.451 e. The number of hydrogen-bond acceptors (Lipinski definition) is 5. The van der Waals surface area contributed by atoms with Gasteiger partial charge in [-0.05, 0) is 65.6 Å². The summed E-state index contributed by atoms with van der Waals surface area (Å²) >= 11 is 0. The molecule has 6 nitrogen and oxygen atoms in total. The number of fused-ring (bicyclic) bond motifs is 1. The van der Waals surface area contributed by atoms with Gasteiger partial charge in [0.05, 0.1) is 10.9 Å². The first-order chi connectivity index (χ1) is 18.2. The summed E-state index contributed by atoms with van der Waals surface area (Å²) in [6, 6.07) is 7.59. The highest BCUT2D eigenvalue weighted by Gasteiger charge is 2.70. The Kier molecular flexibility index (Phi) is 6.61. The Bertz CT molecular complexity index is 1520. The van der Waals surface area contributed by atoms with E-state index >= 15 is 0 Å². The number of nitrogens with zero attached hydrogens (tertiary/aromatic N) is 3. The lowest BCUT2D eigenvalue weighted by Crippen LogP contribution is -2.45. The van der Waals surface area contributed by atoms with Crippen LogP contribution in [0, 0.1) is 28.9 Å². The number of carbonyl (C=O) groups excluding carboxylic acids is 1. The summed E-state index contributed by atoms with van der Waals surface area (Å²) in [5.41, 5.74) is 0.361. The van der Waals surface area contributed by atoms with Gasteiger partial charge in [-0.2, -0.15) is 17.5 Å². The molecule has 3 atom stereocenters. The number of ketones is 1. The van der Waals surface area contributed by atoms with Crippen LogP contribution in [0.4, 0.5) is 22.0 Å². The Labute approximate surface area is 221 Å². The molecule has 0 N–H and O–H groups in total. The lowest BCUT2D eigenvalue weighted by atomic mass is 9.95. The van der Waals surface area contributed by atoms with Crippen LogP contribution >= 0.6 is 0 Å². The predicted octanol–water partition coefficient (Wildman–Crippen LogP) is 5.29. The van der Waals surface area contributed by atoms with E-state index in [-0.39, 0.29) is 58.4 Å². The van der Waals surface area contributed by atoms with Crippen molar-refractivity contribution in [2.24, 2.45) is 17.3 Å². The summed E-state index contributed by atoms with van der Waals surface area (Å²) in [4.78, 5) is 19.9. The van der Waals surface area contributed by atoms with Gasteiger partial charge in [0.2, 0.25) is 15.8 Å². The van der Waals surface area contributed by atoms with E-state index in [1.54, 1.807) is 0 Å². The smallest absolute Gasteiger partial charge is 0.298 e. The minimum absolute atomic E-state index is 0.0127. The molecule has 2 aliphatic rings. The number of aryl methyl sites for hydroxylation is 1. The van der Waals surface area contributed by atoms with E-state index in [1.165, 1.54) is 28.6 Å². The number of halogens is 5. The standard InChI is InChI=1S/C27H24F5N3O3S/c1-26(2)20-14-35(39(37,38)18-7-5-17(28)6-8-18)24(23(20)26)22(36)10-4-15-3-9-21(29)19(11-15)16-12-33-25(34-13-16)27(30,31)32/h3,5-9,11-13,20,23-24H,4,10,14H2,1-2H3/t20-,23-,24+/m0/s1. The van der Waals surface area contributed by atoms with Crippen LogP contribution in [0.3, 0.4) is 0 Å². The highest BCUT2D eigenvalue weighted by atomic mass is 32.2. The molecule has 2 heterocycles. The van der Waals surface area contributed by atoms with E-state index in [1.807, 2.05) is 13.8 Å². The van der Waals surface area contributed by atoms with Crippen molar-refractivity contribution in [1.29, 1.82) is 0 Å². The second-order valence-corrected chi connectivity index (χ2v) is 12.4. The zero-order valence-corrected chi connectivity index (χ0v) is 21.7. The van der Waals surface area contributed by atoms with Crippen LogP contribution < -0.4 is 0 Å². The Morgan fingerprint density at radius 2 is 1.69 bits per heavy atom. The van der Waals surface area contributed by atoms with Crippen molar-refractivity contribution in [2.45, 2.75) is 43.8 Å². The third-order valence-corrected chi connectivity index (χ3v) is 9.69. The summed E-state index contributed by atoms with van der Waals surface area (Å²) in [6.45, 7) is 4.16. The van der Waals surface area contributed by atoms with Gasteiger partial charge in [-0.1, -0.05) is 19.9 Å². The summed E-state index contributed by atoms with van der Waals surface area (Å²) in [6.07, 6.45) is -2.84. The molecule has 1 aliphatic heterocycles. The van der Waals surface area contributed by atoms with Crippen LogP contribution in [0.15, 0.2) is 59.8 Å². The van der Waals surface area contributed by atoms with E-state index in [0.717, 1.165) is 30.6 Å². The van der Waals surface area contributed by atoms with Crippen LogP contribution in [0.1, 0.15) is 31.7 Å². The summed E-state index contributed by atoms with van der Waals surface area (Å²) in [7, 11) is -4.05. The molecule has 2 aromatic carbocycles. The highest BCUT2D eigenvalue weighted by molar-refractivity contribution is 7.89. The van der Waals surface area contributed by atoms with Gasteiger partial charge >= 0.3 is 6.18 Å². The quantitative estimate of drug-likeness (QED) is 0.364. The van der Waals surface area contributed by atoms with Gasteiger partial charge in [0, 0.05) is 36.5 Å². The van der Waals surface area contributed by atoms with Crippen molar-refractivity contribution in [3.05, 3.63) is 77.9 Å². The lowest BCUT2D eigenvalue weighted by Gasteiger charge is -2.29. The van der Waals surface area contributed by atoms with Crippen molar-refractivity contribution in [1.82, 2.24) is 14.3 Å². The van der Waals surface area contributed by atoms with Crippen molar-refractivity contribution in [2.75, 3.05) is 6.54 Å². The molecule has 12 heteroatoms. The number of alkyl halides is 3. The highest BCUT2D eigenvalue weighted by Crippen LogP contribution is 2.65. The molecule has 1 saturated carbocycles. The van der Waals surface area contributed by atoms with Crippen molar-refractivity contribution in [3.63, 3.8) is 0 Å². The molecule has 1 saturated heterocycles. The molecule has 39 heavy (non-hydrogen) atoms. The first kappa shape index (κ1) is 27.3. The molecule has 2 fully saturated rings. The Morgan fingerprint density at radius 3 is 2.31 bits per heavy atom. The number of aromatic nitrogens is 2. The minimum Gasteiger partial charge on any atom is -0.298 e.